The molecule has 0 saturated carbocycles. The number of pyridine rings is 1. The molecule has 3 aromatic heterocycles. The zero-order chi connectivity index (χ0) is 23.9. The first-order valence-corrected chi connectivity index (χ1v) is 11.4. The molecule has 2 fully saturated rings. The van der Waals surface area contributed by atoms with E-state index in [4.69, 9.17) is 5.41 Å². The number of likely N-dealkylation sites (tertiary alicyclic amines) is 2. The third kappa shape index (κ3) is 4.98. The van der Waals surface area contributed by atoms with Crippen LogP contribution in [0.3, 0.4) is 0 Å². The van der Waals surface area contributed by atoms with Crippen molar-refractivity contribution in [1.82, 2.24) is 30.0 Å². The number of allylic oxidation sites excluding steroid dienone is 1. The number of aromatic amines is 2. The fourth-order valence-electron chi connectivity index (χ4n) is 4.49. The highest BCUT2D eigenvalue weighted by Gasteiger charge is 2.25. The van der Waals surface area contributed by atoms with Gasteiger partial charge in [-0.05, 0) is 55.2 Å². The van der Waals surface area contributed by atoms with Crippen LogP contribution in [0, 0.1) is 5.41 Å². The van der Waals surface area contributed by atoms with Crippen LogP contribution < -0.4 is 0 Å². The van der Waals surface area contributed by atoms with Crippen LogP contribution >= 0.6 is 0 Å². The minimum absolute atomic E-state index is 0. The summed E-state index contributed by atoms with van der Waals surface area (Å²) >= 11 is 0. The van der Waals surface area contributed by atoms with E-state index in [9.17, 15) is 9.59 Å². The van der Waals surface area contributed by atoms with E-state index in [1.165, 1.54) is 12.3 Å². The van der Waals surface area contributed by atoms with Crippen LogP contribution in [0.1, 0.15) is 38.0 Å². The molecule has 1 atom stereocenters. The number of hydrogen-bond donors (Lipinski definition) is 3. The maximum Gasteiger partial charge on any atom is 0.245 e. The SMILES string of the molecule is C=CC(=O)N1CCCC1.N=C/C=C\c1[nH]ncc1-c1ccnc2[nH]c([C@@H]3CCN(C=O)C3)cc12.[HH]. The van der Waals surface area contributed by atoms with Gasteiger partial charge in [-0.3, -0.25) is 14.7 Å². The molecule has 0 bridgehead atoms. The molecule has 0 radical (unpaired) electrons. The van der Waals surface area contributed by atoms with Crippen LogP contribution in [-0.2, 0) is 9.59 Å². The van der Waals surface area contributed by atoms with Crippen LogP contribution in [0.4, 0.5) is 0 Å². The number of H-pyrrole nitrogens is 2. The minimum Gasteiger partial charge on any atom is -0.345 e. The van der Waals surface area contributed by atoms with Crippen molar-refractivity contribution < 1.29 is 11.0 Å². The number of amides is 2. The molecule has 2 aliphatic heterocycles. The molecule has 3 aromatic rings. The third-order valence-corrected chi connectivity index (χ3v) is 6.27. The van der Waals surface area contributed by atoms with E-state index in [-0.39, 0.29) is 7.33 Å². The van der Waals surface area contributed by atoms with Gasteiger partial charge in [0.15, 0.2) is 0 Å². The molecule has 3 N–H and O–H groups in total. The Morgan fingerprint density at radius 2 is 2.09 bits per heavy atom. The highest BCUT2D eigenvalue weighted by Crippen LogP contribution is 2.34. The van der Waals surface area contributed by atoms with Crippen LogP contribution in [0.25, 0.3) is 28.2 Å². The first kappa shape index (κ1) is 23.2. The highest BCUT2D eigenvalue weighted by atomic mass is 16.2. The Hall–Kier alpha value is -4.01. The molecule has 2 amide bonds. The summed E-state index contributed by atoms with van der Waals surface area (Å²) in [6, 6.07) is 4.10. The summed E-state index contributed by atoms with van der Waals surface area (Å²) in [5.41, 5.74) is 4.81. The summed E-state index contributed by atoms with van der Waals surface area (Å²) in [7, 11) is 0. The van der Waals surface area contributed by atoms with Crippen molar-refractivity contribution in [3.63, 3.8) is 0 Å². The second kappa shape index (κ2) is 10.7. The highest BCUT2D eigenvalue weighted by molar-refractivity contribution is 5.95. The van der Waals surface area contributed by atoms with Crippen molar-refractivity contribution in [1.29, 1.82) is 5.41 Å². The lowest BCUT2D eigenvalue weighted by molar-refractivity contribution is -0.125. The normalized spacial score (nSPS) is 17.7. The summed E-state index contributed by atoms with van der Waals surface area (Å²) in [6.07, 6.45) is 13.8. The molecule has 0 aliphatic carbocycles. The molecule has 9 heteroatoms. The van der Waals surface area contributed by atoms with Gasteiger partial charge in [0.05, 0.1) is 11.9 Å². The number of rotatable bonds is 6. The Morgan fingerprint density at radius 3 is 2.79 bits per heavy atom. The quantitative estimate of drug-likeness (QED) is 0.295. The Bertz CT molecular complexity index is 1210. The van der Waals surface area contributed by atoms with Crippen LogP contribution in [0.2, 0.25) is 0 Å². The van der Waals surface area contributed by atoms with Crippen molar-refractivity contribution >= 4 is 35.6 Å². The molecule has 2 saturated heterocycles. The average molecular weight is 462 g/mol. The van der Waals surface area contributed by atoms with Gasteiger partial charge in [-0.2, -0.15) is 5.10 Å². The molecule has 0 unspecified atom stereocenters. The molecule has 5 rings (SSSR count). The van der Waals surface area contributed by atoms with Gasteiger partial charge in [0.1, 0.15) is 5.65 Å². The lowest BCUT2D eigenvalue weighted by Gasteiger charge is -2.10. The van der Waals surface area contributed by atoms with Crippen molar-refractivity contribution in [2.24, 2.45) is 0 Å². The predicted molar refractivity (Wildman–Crippen MR) is 135 cm³/mol. The van der Waals surface area contributed by atoms with Gasteiger partial charge >= 0.3 is 0 Å². The molecule has 5 heterocycles. The number of nitrogens with zero attached hydrogens (tertiary/aromatic N) is 4. The van der Waals surface area contributed by atoms with Gasteiger partial charge in [0, 0.05) is 62.6 Å². The van der Waals surface area contributed by atoms with Crippen molar-refractivity contribution in [3.8, 4) is 11.1 Å². The Balaban J connectivity index is 0.000000291. The molecule has 178 valence electrons. The molecule has 2 aliphatic rings. The molecular weight excluding hydrogens is 430 g/mol. The monoisotopic (exact) mass is 461 g/mol. The number of carbonyl (C=O) groups is 2. The fourth-order valence-corrected chi connectivity index (χ4v) is 4.49. The molecule has 0 spiro atoms. The Labute approximate surface area is 199 Å². The zero-order valence-electron chi connectivity index (χ0n) is 19.0. The number of hydrogen-bond acceptors (Lipinski definition) is 5. The molecular formula is C25H31N7O2. The van der Waals surface area contributed by atoms with E-state index in [0.717, 1.165) is 85.4 Å². The predicted octanol–water partition coefficient (Wildman–Crippen LogP) is 3.60. The molecule has 34 heavy (non-hydrogen) atoms. The Morgan fingerprint density at radius 1 is 1.26 bits per heavy atom. The number of nitrogens with one attached hydrogen (secondary N) is 3. The van der Waals surface area contributed by atoms with Crippen molar-refractivity contribution in [3.05, 3.63) is 54.6 Å². The zero-order valence-corrected chi connectivity index (χ0v) is 19.0. The van der Waals surface area contributed by atoms with E-state index in [1.54, 1.807) is 23.4 Å². The summed E-state index contributed by atoms with van der Waals surface area (Å²) < 4.78 is 0. The van der Waals surface area contributed by atoms with Gasteiger partial charge in [-0.1, -0.05) is 6.58 Å². The third-order valence-electron chi connectivity index (χ3n) is 6.27. The largest absolute Gasteiger partial charge is 0.345 e. The van der Waals surface area contributed by atoms with Gasteiger partial charge in [0.25, 0.3) is 0 Å². The van der Waals surface area contributed by atoms with Gasteiger partial charge in [-0.25, -0.2) is 4.98 Å². The Kier molecular flexibility index (Phi) is 7.31. The average Bonchev–Trinajstić information content (AvgIpc) is 3.68. The lowest BCUT2D eigenvalue weighted by atomic mass is 10.0. The first-order chi connectivity index (χ1) is 16.6. The standard InChI is InChI=1S/C18H18N6O.C7H11NO.H2/c19-5-1-2-16-15(9-21-23-16)13-3-6-20-18-14(13)8-17(22-18)12-4-7-24(10-12)11-25;1-2-7(9)8-5-3-4-6-8;/h1-3,5-6,8-9,11-12,19H,4,7,10H2,(H,20,22)(H,21,23);2H,1,3-6H2;1H/b2-1-,19-5?;;/t12-;;/m1../s1. The van der Waals surface area contributed by atoms with Crippen LogP contribution in [-0.4, -0.2) is 74.7 Å². The van der Waals surface area contributed by atoms with Gasteiger partial charge < -0.3 is 20.2 Å². The van der Waals surface area contributed by atoms with E-state index in [2.05, 4.69) is 32.8 Å². The van der Waals surface area contributed by atoms with Crippen molar-refractivity contribution in [2.75, 3.05) is 26.2 Å². The number of carbonyl (C=O) groups excluding carboxylic acids is 2. The fraction of sp³-hybridized carbons (Fsp3) is 0.320. The second-order valence-electron chi connectivity index (χ2n) is 8.39. The smallest absolute Gasteiger partial charge is 0.245 e. The first-order valence-electron chi connectivity index (χ1n) is 11.4. The maximum absolute atomic E-state index is 11.0. The molecule has 0 aromatic carbocycles. The summed E-state index contributed by atoms with van der Waals surface area (Å²) in [5, 5.41) is 15.3. The van der Waals surface area contributed by atoms with Crippen molar-refractivity contribution in [2.45, 2.75) is 25.2 Å². The summed E-state index contributed by atoms with van der Waals surface area (Å²) in [4.78, 5) is 33.3. The summed E-state index contributed by atoms with van der Waals surface area (Å²) in [5.74, 6) is 0.390. The van der Waals surface area contributed by atoms with E-state index in [1.807, 2.05) is 17.0 Å². The number of fused-ring (bicyclic) bond motifs is 1. The van der Waals surface area contributed by atoms with Gasteiger partial charge in [-0.15, -0.1) is 0 Å². The van der Waals surface area contributed by atoms with Crippen LogP contribution in [0.5, 0.6) is 0 Å². The van der Waals surface area contributed by atoms with Gasteiger partial charge in [0.2, 0.25) is 12.3 Å². The number of aromatic nitrogens is 4. The maximum atomic E-state index is 11.0. The minimum atomic E-state index is 0. The topological polar surface area (TPSA) is 122 Å². The van der Waals surface area contributed by atoms with E-state index >= 15 is 0 Å². The molecule has 9 nitrogen and oxygen atoms in total. The summed E-state index contributed by atoms with van der Waals surface area (Å²) in [6.45, 7) is 6.79. The second-order valence-corrected chi connectivity index (χ2v) is 8.39. The lowest BCUT2D eigenvalue weighted by Crippen LogP contribution is -2.25. The van der Waals surface area contributed by atoms with E-state index in [0.29, 0.717) is 5.92 Å². The van der Waals surface area contributed by atoms with E-state index < -0.39 is 0 Å². The van der Waals surface area contributed by atoms with Crippen LogP contribution in [0.15, 0.2) is 43.3 Å².